The molecule has 2 fully saturated rings. The molecule has 2 aliphatic rings. The summed E-state index contributed by atoms with van der Waals surface area (Å²) in [6, 6.07) is 8.44. The standard InChI is InChI=1S/C16H20N2S/c1-19-16-4-2-3-15(13(16)9-17)18-10-14(11-5-6-11)12-7-8-12/h2-4,11-12,14,18H,5-8,10H2,1H3. The van der Waals surface area contributed by atoms with Gasteiger partial charge in [-0.3, -0.25) is 0 Å². The second-order valence-electron chi connectivity index (χ2n) is 5.71. The van der Waals surface area contributed by atoms with Crippen molar-refractivity contribution in [3.8, 4) is 6.07 Å². The van der Waals surface area contributed by atoms with Crippen LogP contribution in [-0.4, -0.2) is 12.8 Å². The van der Waals surface area contributed by atoms with Gasteiger partial charge in [-0.25, -0.2) is 0 Å². The fourth-order valence-corrected chi connectivity index (χ4v) is 3.53. The lowest BCUT2D eigenvalue weighted by Crippen LogP contribution is -2.18. The van der Waals surface area contributed by atoms with Crippen LogP contribution in [0.3, 0.4) is 0 Å². The zero-order valence-corrected chi connectivity index (χ0v) is 12.2. The van der Waals surface area contributed by atoms with Gasteiger partial charge in [0.05, 0.1) is 11.3 Å². The van der Waals surface area contributed by atoms with Crippen molar-refractivity contribution in [1.82, 2.24) is 0 Å². The van der Waals surface area contributed by atoms with Crippen LogP contribution in [0.4, 0.5) is 5.69 Å². The Balaban J connectivity index is 1.70. The third kappa shape index (κ3) is 2.90. The molecule has 0 atom stereocenters. The molecule has 3 rings (SSSR count). The first-order chi connectivity index (χ1) is 9.33. The summed E-state index contributed by atoms with van der Waals surface area (Å²) in [5.41, 5.74) is 1.82. The van der Waals surface area contributed by atoms with E-state index in [-0.39, 0.29) is 0 Å². The van der Waals surface area contributed by atoms with E-state index in [2.05, 4.69) is 11.4 Å². The first kappa shape index (κ1) is 12.9. The molecule has 0 amide bonds. The second kappa shape index (κ2) is 5.46. The SMILES string of the molecule is CSc1cccc(NCC(C2CC2)C2CC2)c1C#N. The molecule has 0 heterocycles. The smallest absolute Gasteiger partial charge is 0.102 e. The van der Waals surface area contributed by atoms with Gasteiger partial charge in [0.1, 0.15) is 6.07 Å². The van der Waals surface area contributed by atoms with Gasteiger partial charge in [0, 0.05) is 11.4 Å². The van der Waals surface area contributed by atoms with Gasteiger partial charge >= 0.3 is 0 Å². The predicted molar refractivity (Wildman–Crippen MR) is 80.4 cm³/mol. The lowest BCUT2D eigenvalue weighted by atomic mass is 9.97. The Kier molecular flexibility index (Phi) is 3.70. The zero-order chi connectivity index (χ0) is 13.2. The molecule has 2 aliphatic carbocycles. The van der Waals surface area contributed by atoms with Crippen molar-refractivity contribution in [2.45, 2.75) is 30.6 Å². The van der Waals surface area contributed by atoms with E-state index in [0.29, 0.717) is 0 Å². The van der Waals surface area contributed by atoms with Crippen LogP contribution in [0.25, 0.3) is 0 Å². The van der Waals surface area contributed by atoms with Crippen molar-refractivity contribution in [1.29, 1.82) is 5.26 Å². The van der Waals surface area contributed by atoms with Gasteiger partial charge in [-0.15, -0.1) is 11.8 Å². The van der Waals surface area contributed by atoms with Crippen LogP contribution >= 0.6 is 11.8 Å². The molecule has 1 aromatic carbocycles. The van der Waals surface area contributed by atoms with E-state index in [1.54, 1.807) is 11.8 Å². The maximum Gasteiger partial charge on any atom is 0.102 e. The molecule has 2 nitrogen and oxygen atoms in total. The van der Waals surface area contributed by atoms with Crippen LogP contribution in [-0.2, 0) is 0 Å². The minimum Gasteiger partial charge on any atom is -0.384 e. The Hall–Kier alpha value is -1.14. The molecule has 0 bridgehead atoms. The zero-order valence-electron chi connectivity index (χ0n) is 11.4. The number of nitrogens with one attached hydrogen (secondary N) is 1. The van der Waals surface area contributed by atoms with E-state index < -0.39 is 0 Å². The average Bonchev–Trinajstić information content (AvgIpc) is 3.30. The highest BCUT2D eigenvalue weighted by atomic mass is 32.2. The molecule has 19 heavy (non-hydrogen) atoms. The van der Waals surface area contributed by atoms with Crippen molar-refractivity contribution in [3.63, 3.8) is 0 Å². The number of nitriles is 1. The molecule has 0 unspecified atom stereocenters. The lowest BCUT2D eigenvalue weighted by Gasteiger charge is -2.18. The topological polar surface area (TPSA) is 35.8 Å². The third-order valence-corrected chi connectivity index (χ3v) is 5.12. The Morgan fingerprint density at radius 1 is 1.32 bits per heavy atom. The average molecular weight is 272 g/mol. The third-order valence-electron chi connectivity index (χ3n) is 4.34. The van der Waals surface area contributed by atoms with Crippen LogP contribution in [0.15, 0.2) is 23.1 Å². The van der Waals surface area contributed by atoms with Crippen molar-refractivity contribution in [2.24, 2.45) is 17.8 Å². The normalized spacial score (nSPS) is 18.4. The quantitative estimate of drug-likeness (QED) is 0.791. The summed E-state index contributed by atoms with van der Waals surface area (Å²) in [6.45, 7) is 1.04. The number of rotatable bonds is 6. The van der Waals surface area contributed by atoms with E-state index in [1.807, 2.05) is 24.5 Å². The fraction of sp³-hybridized carbons (Fsp3) is 0.562. The number of thioether (sulfide) groups is 1. The second-order valence-corrected chi connectivity index (χ2v) is 6.56. The maximum atomic E-state index is 9.34. The summed E-state index contributed by atoms with van der Waals surface area (Å²) in [5, 5.41) is 12.9. The van der Waals surface area contributed by atoms with Gasteiger partial charge in [0.2, 0.25) is 0 Å². The molecule has 100 valence electrons. The largest absolute Gasteiger partial charge is 0.384 e. The van der Waals surface area contributed by atoms with E-state index in [4.69, 9.17) is 0 Å². The monoisotopic (exact) mass is 272 g/mol. The van der Waals surface area contributed by atoms with E-state index in [0.717, 1.165) is 40.4 Å². The summed E-state index contributed by atoms with van der Waals surface area (Å²) >= 11 is 1.64. The minimum atomic E-state index is 0.806. The van der Waals surface area contributed by atoms with Gasteiger partial charge in [-0.05, 0) is 61.8 Å². The van der Waals surface area contributed by atoms with Crippen molar-refractivity contribution in [2.75, 3.05) is 18.1 Å². The highest BCUT2D eigenvalue weighted by Gasteiger charge is 2.41. The van der Waals surface area contributed by atoms with Crippen LogP contribution in [0, 0.1) is 29.1 Å². The Morgan fingerprint density at radius 3 is 2.53 bits per heavy atom. The molecule has 0 saturated heterocycles. The number of hydrogen-bond donors (Lipinski definition) is 1. The molecule has 1 N–H and O–H groups in total. The number of anilines is 1. The van der Waals surface area contributed by atoms with E-state index >= 15 is 0 Å². The predicted octanol–water partition coefficient (Wildman–Crippen LogP) is 4.13. The summed E-state index contributed by atoms with van der Waals surface area (Å²) in [5.74, 6) is 2.74. The number of nitrogens with zero attached hydrogens (tertiary/aromatic N) is 1. The van der Waals surface area contributed by atoms with Gasteiger partial charge in [0.25, 0.3) is 0 Å². The van der Waals surface area contributed by atoms with Crippen LogP contribution in [0.1, 0.15) is 31.2 Å². The van der Waals surface area contributed by atoms with E-state index in [1.165, 1.54) is 25.7 Å². The van der Waals surface area contributed by atoms with Gasteiger partial charge in [-0.1, -0.05) is 6.07 Å². The van der Waals surface area contributed by atoms with Crippen molar-refractivity contribution < 1.29 is 0 Å². The Labute approximate surface area is 119 Å². The first-order valence-electron chi connectivity index (χ1n) is 7.14. The molecular formula is C16H20N2S. The first-order valence-corrected chi connectivity index (χ1v) is 8.37. The molecule has 0 aliphatic heterocycles. The maximum absolute atomic E-state index is 9.34. The molecule has 0 spiro atoms. The fourth-order valence-electron chi connectivity index (χ4n) is 2.96. The van der Waals surface area contributed by atoms with Crippen LogP contribution in [0.2, 0.25) is 0 Å². The Bertz CT molecular complexity index is 486. The molecular weight excluding hydrogens is 252 g/mol. The molecule has 3 heteroatoms. The highest BCUT2D eigenvalue weighted by Crippen LogP contribution is 2.49. The molecule has 0 aromatic heterocycles. The summed E-state index contributed by atoms with van der Waals surface area (Å²) in [4.78, 5) is 1.07. The minimum absolute atomic E-state index is 0.806. The summed E-state index contributed by atoms with van der Waals surface area (Å²) in [6.07, 6.45) is 7.69. The van der Waals surface area contributed by atoms with Crippen LogP contribution in [0.5, 0.6) is 0 Å². The molecule has 0 radical (unpaired) electrons. The van der Waals surface area contributed by atoms with Crippen molar-refractivity contribution in [3.05, 3.63) is 23.8 Å². The summed E-state index contributed by atoms with van der Waals surface area (Å²) < 4.78 is 0. The van der Waals surface area contributed by atoms with E-state index in [9.17, 15) is 5.26 Å². The Morgan fingerprint density at radius 2 is 2.00 bits per heavy atom. The van der Waals surface area contributed by atoms with Crippen LogP contribution < -0.4 is 5.32 Å². The van der Waals surface area contributed by atoms with Gasteiger partial charge in [0.15, 0.2) is 0 Å². The molecule has 1 aromatic rings. The van der Waals surface area contributed by atoms with Crippen molar-refractivity contribution >= 4 is 17.4 Å². The highest BCUT2D eigenvalue weighted by molar-refractivity contribution is 7.98. The van der Waals surface area contributed by atoms with Gasteiger partial charge in [-0.2, -0.15) is 5.26 Å². The lowest BCUT2D eigenvalue weighted by molar-refractivity contribution is 0.428. The van der Waals surface area contributed by atoms with Gasteiger partial charge < -0.3 is 5.32 Å². The molecule has 2 saturated carbocycles. The number of benzene rings is 1. The number of hydrogen-bond acceptors (Lipinski definition) is 3. The summed E-state index contributed by atoms with van der Waals surface area (Å²) in [7, 11) is 0.